The van der Waals surface area contributed by atoms with Crippen LogP contribution in [0.5, 0.6) is 23.0 Å². The van der Waals surface area contributed by atoms with Crippen LogP contribution in [-0.4, -0.2) is 36.2 Å². The molecule has 14 heteroatoms. The van der Waals surface area contributed by atoms with Gasteiger partial charge in [0.15, 0.2) is 23.0 Å². The van der Waals surface area contributed by atoms with Gasteiger partial charge in [0.05, 0.1) is 0 Å². The molecule has 0 amide bonds. The van der Waals surface area contributed by atoms with E-state index in [-0.39, 0.29) is 114 Å². The number of phenolic OH excluding ortho intramolecular Hbond substituents is 2. The third-order valence-corrected chi connectivity index (χ3v) is 2.88. The van der Waals surface area contributed by atoms with Gasteiger partial charge in [-0.3, -0.25) is 0 Å². The van der Waals surface area contributed by atoms with E-state index in [0.29, 0.717) is 0 Å². The second kappa shape index (κ2) is 13.0. The Balaban J connectivity index is 0. The first kappa shape index (κ1) is 28.9. The van der Waals surface area contributed by atoms with Crippen LogP contribution in [0.25, 0.3) is 0 Å². The molecule has 0 spiro atoms. The third-order valence-electron chi connectivity index (χ3n) is 2.11. The molecule has 0 radical (unpaired) electrons. The Morgan fingerprint density at radius 3 is 1.15 bits per heavy atom. The monoisotopic (exact) mass is 456 g/mol. The molecule has 0 heterocycles. The molecule has 132 valence electrons. The smallest absolute Gasteiger partial charge is 0.716 e. The quantitative estimate of drug-likeness (QED) is 0.257. The molecule has 26 heavy (non-hydrogen) atoms. The van der Waals surface area contributed by atoms with Gasteiger partial charge >= 0.3 is 103 Å². The van der Waals surface area contributed by atoms with E-state index in [2.05, 4.69) is 8.37 Å². The molecule has 0 atom stereocenters. The van der Waals surface area contributed by atoms with Crippen LogP contribution >= 0.6 is 0 Å². The normalized spacial score (nSPS) is 10.2. The van der Waals surface area contributed by atoms with Gasteiger partial charge in [-0.2, -0.15) is 0 Å². The first-order chi connectivity index (χ1) is 11.0. The minimum atomic E-state index is -4.81. The van der Waals surface area contributed by atoms with Crippen molar-refractivity contribution in [2.45, 2.75) is 0 Å². The third kappa shape index (κ3) is 13.0. The van der Waals surface area contributed by atoms with Gasteiger partial charge in [-0.05, 0) is 24.3 Å². The van der Waals surface area contributed by atoms with Crippen molar-refractivity contribution in [1.82, 2.24) is 0 Å². The molecule has 0 fully saturated rings. The van der Waals surface area contributed by atoms with Gasteiger partial charge in [-0.15, -0.1) is 0 Å². The fraction of sp³-hybridized carbons (Fsp3) is 0. The second-order valence-electron chi connectivity index (χ2n) is 3.92. The van der Waals surface area contributed by atoms with Crippen LogP contribution in [0.3, 0.4) is 0 Å². The summed E-state index contributed by atoms with van der Waals surface area (Å²) in [7, 11) is -9.62. The van der Waals surface area contributed by atoms with Crippen molar-refractivity contribution in [3.05, 3.63) is 48.5 Å². The van der Waals surface area contributed by atoms with Gasteiger partial charge in [0.2, 0.25) is 0 Å². The summed E-state index contributed by atoms with van der Waals surface area (Å²) in [6.07, 6.45) is 0. The minimum Gasteiger partial charge on any atom is -0.716 e. The van der Waals surface area contributed by atoms with Crippen molar-refractivity contribution in [2.24, 2.45) is 0 Å². The molecule has 0 aliphatic heterocycles. The van der Waals surface area contributed by atoms with Crippen LogP contribution in [0.4, 0.5) is 0 Å². The van der Waals surface area contributed by atoms with E-state index in [0.717, 1.165) is 0 Å². The maximum atomic E-state index is 10.1. The molecular formula is C12H10K2O10S2. The van der Waals surface area contributed by atoms with Crippen molar-refractivity contribution >= 4 is 20.8 Å². The van der Waals surface area contributed by atoms with Crippen LogP contribution in [0.2, 0.25) is 0 Å². The molecule has 2 rings (SSSR count). The Labute approximate surface area is 235 Å². The fourth-order valence-electron chi connectivity index (χ4n) is 1.28. The van der Waals surface area contributed by atoms with Gasteiger partial charge in [-0.1, -0.05) is 24.3 Å². The predicted molar refractivity (Wildman–Crippen MR) is 76.9 cm³/mol. The Hall–Kier alpha value is 0.733. The number of aromatic hydroxyl groups is 2. The van der Waals surface area contributed by atoms with Gasteiger partial charge in [0.25, 0.3) is 20.8 Å². The van der Waals surface area contributed by atoms with Gasteiger partial charge < -0.3 is 27.7 Å². The minimum absolute atomic E-state index is 0. The number of phenols is 2. The largest absolute Gasteiger partial charge is 1.00 e. The molecule has 0 aromatic heterocycles. The maximum Gasteiger partial charge on any atom is 1.00 e. The summed E-state index contributed by atoms with van der Waals surface area (Å²) in [5.74, 6) is -1.52. The van der Waals surface area contributed by atoms with E-state index in [9.17, 15) is 25.9 Å². The molecule has 0 unspecified atom stereocenters. The van der Waals surface area contributed by atoms with Crippen molar-refractivity contribution in [3.8, 4) is 23.0 Å². The molecule has 2 aromatic rings. The zero-order valence-corrected chi connectivity index (χ0v) is 21.5. The van der Waals surface area contributed by atoms with Crippen LogP contribution < -0.4 is 111 Å². The summed E-state index contributed by atoms with van der Waals surface area (Å²) < 4.78 is 68.2. The van der Waals surface area contributed by atoms with Crippen molar-refractivity contribution < 1.29 is 147 Å². The maximum absolute atomic E-state index is 10.1. The van der Waals surface area contributed by atoms with Gasteiger partial charge in [-0.25, -0.2) is 16.8 Å². The van der Waals surface area contributed by atoms with Crippen molar-refractivity contribution in [3.63, 3.8) is 0 Å². The summed E-state index contributed by atoms with van der Waals surface area (Å²) in [6.45, 7) is 0. The first-order valence-electron chi connectivity index (χ1n) is 5.84. The van der Waals surface area contributed by atoms with E-state index in [1.165, 1.54) is 48.5 Å². The second-order valence-corrected chi connectivity index (χ2v) is 5.88. The molecule has 0 aliphatic rings. The Kier molecular flexibility index (Phi) is 14.5. The molecule has 0 bridgehead atoms. The molecule has 0 saturated heterocycles. The summed E-state index contributed by atoms with van der Waals surface area (Å²) in [4.78, 5) is 0. The first-order valence-corrected chi connectivity index (χ1v) is 8.51. The average Bonchev–Trinajstić information content (AvgIpc) is 2.42. The summed E-state index contributed by atoms with van der Waals surface area (Å²) >= 11 is 0. The van der Waals surface area contributed by atoms with Crippen LogP contribution in [0.1, 0.15) is 0 Å². The van der Waals surface area contributed by atoms with E-state index >= 15 is 0 Å². The predicted octanol–water partition coefficient (Wildman–Crippen LogP) is -5.53. The summed E-state index contributed by atoms with van der Waals surface area (Å²) in [6, 6.07) is 10.6. The molecule has 0 saturated carbocycles. The fourth-order valence-corrected chi connectivity index (χ4v) is 2.00. The number of para-hydroxylation sites is 4. The number of hydrogen-bond acceptors (Lipinski definition) is 10. The molecule has 0 aliphatic carbocycles. The van der Waals surface area contributed by atoms with E-state index in [1.807, 2.05) is 0 Å². The van der Waals surface area contributed by atoms with Gasteiger partial charge in [0, 0.05) is 0 Å². The topological polar surface area (TPSA) is 173 Å². The summed E-state index contributed by atoms with van der Waals surface area (Å²) in [5.41, 5.74) is 0. The number of rotatable bonds is 4. The molecule has 2 N–H and O–H groups in total. The number of hydrogen-bond donors (Lipinski definition) is 2. The molecule has 2 aromatic carbocycles. The van der Waals surface area contributed by atoms with Crippen molar-refractivity contribution in [2.75, 3.05) is 0 Å². The van der Waals surface area contributed by atoms with E-state index in [4.69, 9.17) is 10.2 Å². The Bertz CT molecular complexity index is 824. The zero-order chi connectivity index (χ0) is 18.4. The van der Waals surface area contributed by atoms with Crippen LogP contribution in [-0.2, 0) is 20.8 Å². The Morgan fingerprint density at radius 1 is 0.654 bits per heavy atom. The molecule has 10 nitrogen and oxygen atoms in total. The van der Waals surface area contributed by atoms with Crippen LogP contribution in [0, 0.1) is 0 Å². The van der Waals surface area contributed by atoms with Gasteiger partial charge in [0.1, 0.15) is 0 Å². The SMILES string of the molecule is O=S(=O)([O-])Oc1ccccc1O.O=S(=O)([O-])Oc1ccccc1O.[K+].[K+]. The van der Waals surface area contributed by atoms with Crippen LogP contribution in [0.15, 0.2) is 48.5 Å². The average molecular weight is 457 g/mol. The van der Waals surface area contributed by atoms with Crippen molar-refractivity contribution in [1.29, 1.82) is 0 Å². The Morgan fingerprint density at radius 2 is 0.923 bits per heavy atom. The standard InChI is InChI=1S/2C6H6O5S.2K/c2*7-5-3-1-2-4-6(5)11-12(8,9)10;;/h2*1-4,7H,(H,8,9,10);;/q;;2*+1/p-2. The van der Waals surface area contributed by atoms with E-state index < -0.39 is 32.3 Å². The molecular weight excluding hydrogens is 446 g/mol. The zero-order valence-electron chi connectivity index (χ0n) is 13.6. The number of benzene rings is 2. The summed E-state index contributed by atoms with van der Waals surface area (Å²) in [5, 5.41) is 17.9. The van der Waals surface area contributed by atoms with E-state index in [1.54, 1.807) is 0 Å².